The first-order chi connectivity index (χ1) is 8.49. The fourth-order valence-electron chi connectivity index (χ4n) is 2.16. The summed E-state index contributed by atoms with van der Waals surface area (Å²) in [6, 6.07) is -0.948. The quantitative estimate of drug-likeness (QED) is 0.805. The van der Waals surface area contributed by atoms with Crippen LogP contribution in [-0.4, -0.2) is 45.2 Å². The van der Waals surface area contributed by atoms with Gasteiger partial charge in [0.25, 0.3) is 0 Å². The molecule has 0 aliphatic carbocycles. The SMILES string of the molecule is CCC(CC)(CC)NC(=O)N1CSCC1C(=O)O. The average Bonchev–Trinajstić information content (AvgIpc) is 2.85. The van der Waals surface area contributed by atoms with Crippen LogP contribution >= 0.6 is 11.8 Å². The fraction of sp³-hybridized carbons (Fsp3) is 0.833. The Labute approximate surface area is 112 Å². The summed E-state index contributed by atoms with van der Waals surface area (Å²) in [4.78, 5) is 24.7. The maximum atomic E-state index is 12.2. The van der Waals surface area contributed by atoms with Crippen LogP contribution < -0.4 is 5.32 Å². The van der Waals surface area contributed by atoms with E-state index in [2.05, 4.69) is 5.32 Å². The molecule has 0 spiro atoms. The lowest BCUT2D eigenvalue weighted by atomic mass is 9.90. The van der Waals surface area contributed by atoms with Crippen LogP contribution in [0.4, 0.5) is 4.79 Å². The summed E-state index contributed by atoms with van der Waals surface area (Å²) in [5.41, 5.74) is -0.215. The van der Waals surface area contributed by atoms with Crippen molar-refractivity contribution < 1.29 is 14.7 Å². The molecule has 1 unspecified atom stereocenters. The van der Waals surface area contributed by atoms with E-state index in [1.807, 2.05) is 20.8 Å². The third kappa shape index (κ3) is 3.10. The van der Waals surface area contributed by atoms with Crippen LogP contribution in [0.25, 0.3) is 0 Å². The molecule has 1 saturated heterocycles. The van der Waals surface area contributed by atoms with Crippen molar-refractivity contribution in [3.8, 4) is 0 Å². The number of amides is 2. The molecule has 0 aromatic heterocycles. The number of carboxylic acid groups (broad SMARTS) is 1. The van der Waals surface area contributed by atoms with Crippen molar-refractivity contribution in [2.24, 2.45) is 0 Å². The molecular weight excluding hydrogens is 252 g/mol. The van der Waals surface area contributed by atoms with Crippen LogP contribution in [0.1, 0.15) is 40.0 Å². The second-order valence-electron chi connectivity index (χ2n) is 4.59. The highest BCUT2D eigenvalue weighted by atomic mass is 32.2. The molecule has 0 saturated carbocycles. The lowest BCUT2D eigenvalue weighted by molar-refractivity contribution is -0.140. The zero-order valence-corrected chi connectivity index (χ0v) is 12.0. The number of urea groups is 1. The molecule has 1 aliphatic heterocycles. The average molecular weight is 274 g/mol. The van der Waals surface area contributed by atoms with E-state index in [0.717, 1.165) is 19.3 Å². The van der Waals surface area contributed by atoms with E-state index in [0.29, 0.717) is 11.6 Å². The van der Waals surface area contributed by atoms with Gasteiger partial charge in [0.1, 0.15) is 6.04 Å². The van der Waals surface area contributed by atoms with Crippen molar-refractivity contribution in [1.29, 1.82) is 0 Å². The summed E-state index contributed by atoms with van der Waals surface area (Å²) in [6.07, 6.45) is 2.55. The summed E-state index contributed by atoms with van der Waals surface area (Å²) < 4.78 is 0. The number of rotatable bonds is 5. The normalized spacial score (nSPS) is 19.9. The topological polar surface area (TPSA) is 69.6 Å². The molecule has 18 heavy (non-hydrogen) atoms. The van der Waals surface area contributed by atoms with Gasteiger partial charge in [-0.1, -0.05) is 20.8 Å². The largest absolute Gasteiger partial charge is 0.480 e. The first kappa shape index (κ1) is 15.1. The molecule has 0 aromatic rings. The molecule has 1 atom stereocenters. The fourth-order valence-corrected chi connectivity index (χ4v) is 3.31. The van der Waals surface area contributed by atoms with Crippen molar-refractivity contribution in [2.45, 2.75) is 51.6 Å². The van der Waals surface area contributed by atoms with Crippen LogP contribution in [0.3, 0.4) is 0 Å². The summed E-state index contributed by atoms with van der Waals surface area (Å²) in [5, 5.41) is 12.1. The molecule has 2 amide bonds. The van der Waals surface area contributed by atoms with Crippen molar-refractivity contribution in [1.82, 2.24) is 10.2 Å². The van der Waals surface area contributed by atoms with Gasteiger partial charge in [0, 0.05) is 11.3 Å². The minimum Gasteiger partial charge on any atom is -0.480 e. The maximum absolute atomic E-state index is 12.2. The van der Waals surface area contributed by atoms with Crippen LogP contribution in [0.2, 0.25) is 0 Å². The summed E-state index contributed by atoms with van der Waals surface area (Å²) in [5.74, 6) is 0.00104. The first-order valence-corrected chi connectivity index (χ1v) is 7.54. The molecule has 6 heteroatoms. The van der Waals surface area contributed by atoms with E-state index in [9.17, 15) is 9.59 Å². The van der Waals surface area contributed by atoms with Gasteiger partial charge >= 0.3 is 12.0 Å². The van der Waals surface area contributed by atoms with Gasteiger partial charge in [-0.2, -0.15) is 0 Å². The minimum absolute atomic E-state index is 0.215. The Bertz CT molecular complexity index is 310. The summed E-state index contributed by atoms with van der Waals surface area (Å²) >= 11 is 1.48. The molecule has 104 valence electrons. The van der Waals surface area contributed by atoms with Crippen LogP contribution in [0.5, 0.6) is 0 Å². The van der Waals surface area contributed by atoms with Gasteiger partial charge in [-0.15, -0.1) is 11.8 Å². The number of nitrogens with one attached hydrogen (secondary N) is 1. The van der Waals surface area contributed by atoms with E-state index in [1.165, 1.54) is 16.7 Å². The van der Waals surface area contributed by atoms with Crippen molar-refractivity contribution >= 4 is 23.8 Å². The smallest absolute Gasteiger partial charge is 0.327 e. The predicted octanol–water partition coefficient (Wildman–Crippen LogP) is 2.12. The Morgan fingerprint density at radius 3 is 2.33 bits per heavy atom. The van der Waals surface area contributed by atoms with Gasteiger partial charge in [0.15, 0.2) is 0 Å². The highest BCUT2D eigenvalue weighted by Gasteiger charge is 2.37. The van der Waals surface area contributed by atoms with Crippen molar-refractivity contribution in [2.75, 3.05) is 11.6 Å². The van der Waals surface area contributed by atoms with Crippen molar-refractivity contribution in [3.63, 3.8) is 0 Å². The summed E-state index contributed by atoms with van der Waals surface area (Å²) in [7, 11) is 0. The predicted molar refractivity (Wildman–Crippen MR) is 72.7 cm³/mol. The lowest BCUT2D eigenvalue weighted by Crippen LogP contribution is -2.55. The Morgan fingerprint density at radius 2 is 1.89 bits per heavy atom. The lowest BCUT2D eigenvalue weighted by Gasteiger charge is -2.34. The molecule has 0 radical (unpaired) electrons. The van der Waals surface area contributed by atoms with E-state index >= 15 is 0 Å². The third-order valence-corrected chi connectivity index (χ3v) is 4.84. The van der Waals surface area contributed by atoms with Gasteiger partial charge in [-0.3, -0.25) is 0 Å². The Morgan fingerprint density at radius 1 is 1.33 bits per heavy atom. The zero-order chi connectivity index (χ0) is 13.8. The first-order valence-electron chi connectivity index (χ1n) is 6.39. The van der Waals surface area contributed by atoms with Gasteiger partial charge in [0.2, 0.25) is 0 Å². The summed E-state index contributed by atoms with van der Waals surface area (Å²) in [6.45, 7) is 6.13. The number of thioether (sulfide) groups is 1. The molecule has 1 fully saturated rings. The highest BCUT2D eigenvalue weighted by molar-refractivity contribution is 7.99. The van der Waals surface area contributed by atoms with Crippen LogP contribution in [0.15, 0.2) is 0 Å². The standard InChI is InChI=1S/C12H22N2O3S/c1-4-12(5-2,6-3)13-11(17)14-8-18-7-9(14)10(15)16/h9H,4-8H2,1-3H3,(H,13,17)(H,15,16). The van der Waals surface area contributed by atoms with Crippen LogP contribution in [-0.2, 0) is 4.79 Å². The monoisotopic (exact) mass is 274 g/mol. The molecule has 0 aromatic carbocycles. The second kappa shape index (κ2) is 6.31. The van der Waals surface area contributed by atoms with E-state index < -0.39 is 12.0 Å². The third-order valence-electron chi connectivity index (χ3n) is 3.83. The molecule has 2 N–H and O–H groups in total. The Hall–Kier alpha value is -0.910. The molecule has 0 bridgehead atoms. The number of carbonyl (C=O) groups is 2. The van der Waals surface area contributed by atoms with Crippen molar-refractivity contribution in [3.05, 3.63) is 0 Å². The van der Waals surface area contributed by atoms with Gasteiger partial charge in [-0.05, 0) is 19.3 Å². The van der Waals surface area contributed by atoms with Crippen LogP contribution in [0, 0.1) is 0 Å². The number of aliphatic carboxylic acids is 1. The van der Waals surface area contributed by atoms with E-state index in [4.69, 9.17) is 5.11 Å². The van der Waals surface area contributed by atoms with Gasteiger partial charge < -0.3 is 15.3 Å². The number of carboxylic acids is 1. The Kier molecular flexibility index (Phi) is 5.31. The van der Waals surface area contributed by atoms with Gasteiger partial charge in [0.05, 0.1) is 5.88 Å². The number of carbonyl (C=O) groups excluding carboxylic acids is 1. The maximum Gasteiger partial charge on any atom is 0.327 e. The van der Waals surface area contributed by atoms with E-state index in [-0.39, 0.29) is 11.6 Å². The molecule has 5 nitrogen and oxygen atoms in total. The van der Waals surface area contributed by atoms with Gasteiger partial charge in [-0.25, -0.2) is 9.59 Å². The minimum atomic E-state index is -0.926. The number of nitrogens with zero attached hydrogens (tertiary/aromatic N) is 1. The second-order valence-corrected chi connectivity index (χ2v) is 5.59. The highest BCUT2D eigenvalue weighted by Crippen LogP contribution is 2.24. The molecular formula is C12H22N2O3S. The number of hydrogen-bond donors (Lipinski definition) is 2. The Balaban J connectivity index is 2.72. The molecule has 1 aliphatic rings. The zero-order valence-electron chi connectivity index (χ0n) is 11.2. The molecule has 1 heterocycles. The number of hydrogen-bond acceptors (Lipinski definition) is 3. The molecule has 1 rings (SSSR count). The van der Waals surface area contributed by atoms with E-state index in [1.54, 1.807) is 0 Å².